The van der Waals surface area contributed by atoms with Crippen molar-refractivity contribution in [3.8, 4) is 0 Å². The van der Waals surface area contributed by atoms with Gasteiger partial charge < -0.3 is 15.4 Å². The van der Waals surface area contributed by atoms with Gasteiger partial charge in [-0.05, 0) is 26.0 Å². The highest BCUT2D eigenvalue weighted by Gasteiger charge is 2.63. The number of halogens is 1. The molecule has 7 nitrogen and oxygen atoms in total. The first-order chi connectivity index (χ1) is 12.5. The summed E-state index contributed by atoms with van der Waals surface area (Å²) in [5, 5.41) is 0. The summed E-state index contributed by atoms with van der Waals surface area (Å²) in [4.78, 5) is 14.5. The molecule has 2 unspecified atom stereocenters. The van der Waals surface area contributed by atoms with Crippen molar-refractivity contribution in [2.75, 3.05) is 26.7 Å². The average molecular weight is 434 g/mol. The first-order valence-corrected chi connectivity index (χ1v) is 10.7. The first kappa shape index (κ1) is 24.8. The highest BCUT2D eigenvalue weighted by molar-refractivity contribution is 7.89. The number of hydrogen-bond acceptors (Lipinski definition) is 5. The summed E-state index contributed by atoms with van der Waals surface area (Å²) in [6.45, 7) is 8.61. The van der Waals surface area contributed by atoms with Crippen LogP contribution in [-0.2, 0) is 19.6 Å². The Morgan fingerprint density at radius 2 is 1.89 bits per heavy atom. The molecule has 1 aromatic carbocycles. The van der Waals surface area contributed by atoms with Gasteiger partial charge in [-0.2, -0.15) is 0 Å². The molecule has 1 aliphatic rings. The third kappa shape index (κ3) is 4.68. The van der Waals surface area contributed by atoms with E-state index in [1.54, 1.807) is 31.3 Å². The molecule has 0 radical (unpaired) electrons. The third-order valence-electron chi connectivity index (χ3n) is 5.63. The molecule has 3 N–H and O–H groups in total. The zero-order chi connectivity index (χ0) is 20.5. The Hall–Kier alpha value is -1.19. The van der Waals surface area contributed by atoms with Crippen molar-refractivity contribution in [2.24, 2.45) is 11.1 Å². The van der Waals surface area contributed by atoms with Gasteiger partial charge in [0.05, 0.1) is 11.0 Å². The van der Waals surface area contributed by atoms with Gasteiger partial charge >= 0.3 is 0 Å². The molecule has 9 heteroatoms. The van der Waals surface area contributed by atoms with Gasteiger partial charge in [0.2, 0.25) is 15.9 Å². The molecule has 1 aromatic rings. The van der Waals surface area contributed by atoms with Gasteiger partial charge in [-0.15, -0.1) is 12.4 Å². The maximum atomic E-state index is 12.8. The minimum Gasteiger partial charge on any atom is -0.378 e. The monoisotopic (exact) mass is 433 g/mol. The fourth-order valence-electron chi connectivity index (χ4n) is 3.39. The van der Waals surface area contributed by atoms with Crippen LogP contribution in [0, 0.1) is 12.3 Å². The summed E-state index contributed by atoms with van der Waals surface area (Å²) in [7, 11) is -1.96. The van der Waals surface area contributed by atoms with Crippen molar-refractivity contribution in [1.29, 1.82) is 0 Å². The van der Waals surface area contributed by atoms with Crippen LogP contribution in [0.5, 0.6) is 0 Å². The van der Waals surface area contributed by atoms with Crippen LogP contribution in [0.1, 0.15) is 32.8 Å². The molecule has 0 aliphatic heterocycles. The molecule has 0 bridgehead atoms. The predicted octanol–water partition coefficient (Wildman–Crippen LogP) is 1.69. The molecule has 1 amide bonds. The van der Waals surface area contributed by atoms with E-state index in [9.17, 15) is 13.2 Å². The molecule has 1 fully saturated rings. The molecule has 0 spiro atoms. The Labute approximate surface area is 174 Å². The first-order valence-electron chi connectivity index (χ1n) is 9.18. The fraction of sp³-hybridized carbons (Fsp3) is 0.632. The average Bonchev–Trinajstić information content (AvgIpc) is 2.60. The zero-order valence-electron chi connectivity index (χ0n) is 17.2. The van der Waals surface area contributed by atoms with Crippen LogP contribution in [0.25, 0.3) is 0 Å². The van der Waals surface area contributed by atoms with E-state index in [1.165, 1.54) is 4.90 Å². The highest BCUT2D eigenvalue weighted by Crippen LogP contribution is 2.50. The second-order valence-electron chi connectivity index (χ2n) is 7.78. The number of aryl methyl sites for hydroxylation is 1. The van der Waals surface area contributed by atoms with Gasteiger partial charge in [0.15, 0.2) is 0 Å². The predicted molar refractivity (Wildman–Crippen MR) is 112 cm³/mol. The Morgan fingerprint density at radius 3 is 2.39 bits per heavy atom. The number of nitrogens with two attached hydrogens (primary N) is 1. The Balaban J connectivity index is 0.00000392. The number of rotatable bonds is 8. The molecule has 2 atom stereocenters. The zero-order valence-corrected chi connectivity index (χ0v) is 18.8. The Bertz CT molecular complexity index is 783. The second kappa shape index (κ2) is 9.09. The van der Waals surface area contributed by atoms with Gasteiger partial charge in [0.1, 0.15) is 5.54 Å². The lowest BCUT2D eigenvalue weighted by atomic mass is 9.54. The lowest BCUT2D eigenvalue weighted by molar-refractivity contribution is -0.178. The van der Waals surface area contributed by atoms with E-state index in [4.69, 9.17) is 10.5 Å². The van der Waals surface area contributed by atoms with Crippen molar-refractivity contribution in [3.05, 3.63) is 29.8 Å². The Morgan fingerprint density at radius 1 is 1.32 bits per heavy atom. The molecule has 28 heavy (non-hydrogen) atoms. The van der Waals surface area contributed by atoms with Gasteiger partial charge in [0.25, 0.3) is 0 Å². The summed E-state index contributed by atoms with van der Waals surface area (Å²) >= 11 is 0. The number of hydrogen-bond donors (Lipinski definition) is 2. The lowest BCUT2D eigenvalue weighted by Gasteiger charge is -2.58. The molecular weight excluding hydrogens is 402 g/mol. The van der Waals surface area contributed by atoms with Gasteiger partial charge in [0, 0.05) is 38.6 Å². The van der Waals surface area contributed by atoms with Crippen molar-refractivity contribution in [3.63, 3.8) is 0 Å². The van der Waals surface area contributed by atoms with E-state index >= 15 is 0 Å². The summed E-state index contributed by atoms with van der Waals surface area (Å²) in [5.74, 6) is -0.196. The van der Waals surface area contributed by atoms with E-state index in [0.717, 1.165) is 5.56 Å². The van der Waals surface area contributed by atoms with E-state index < -0.39 is 21.0 Å². The maximum Gasteiger partial charge on any atom is 0.243 e. The normalized spacial score (nSPS) is 23.4. The van der Waals surface area contributed by atoms with E-state index in [2.05, 4.69) is 4.72 Å². The van der Waals surface area contributed by atoms with E-state index in [0.29, 0.717) is 13.0 Å². The van der Waals surface area contributed by atoms with Crippen molar-refractivity contribution in [2.45, 2.75) is 50.7 Å². The number of nitrogens with one attached hydrogen (secondary N) is 1. The number of ether oxygens (including phenoxy) is 1. The van der Waals surface area contributed by atoms with Crippen LogP contribution >= 0.6 is 12.4 Å². The summed E-state index contributed by atoms with van der Waals surface area (Å²) < 4.78 is 32.8. The minimum atomic E-state index is -3.60. The second-order valence-corrected chi connectivity index (χ2v) is 9.55. The molecule has 1 saturated carbocycles. The number of sulfonamides is 1. The largest absolute Gasteiger partial charge is 0.378 e. The molecule has 0 heterocycles. The van der Waals surface area contributed by atoms with Crippen LogP contribution in [-0.4, -0.2) is 57.6 Å². The standard InChI is InChI=1S/C19H31N3O4S.ClH/c1-6-26-16-13-19(20,18(16,3)4)17(23)22(5)12-11-21-27(24,25)15-9-7-14(2)8-10-15;/h7-10,16,21H,6,11-13,20H2,1-5H3;1H. The SMILES string of the molecule is CCOC1CC(N)(C(=O)N(C)CCNS(=O)(=O)c2ccc(C)cc2)C1(C)C.Cl. The van der Waals surface area contributed by atoms with E-state index in [-0.39, 0.29) is 42.4 Å². The molecular formula is C19H32ClN3O4S. The molecule has 160 valence electrons. The number of likely N-dealkylation sites (N-methyl/N-ethyl adjacent to an activating group) is 1. The van der Waals surface area contributed by atoms with Gasteiger partial charge in [-0.3, -0.25) is 4.79 Å². The van der Waals surface area contributed by atoms with Gasteiger partial charge in [-0.1, -0.05) is 31.5 Å². The van der Waals surface area contributed by atoms with Crippen LogP contribution in [0.4, 0.5) is 0 Å². The maximum absolute atomic E-state index is 12.8. The summed E-state index contributed by atoms with van der Waals surface area (Å²) in [6.07, 6.45) is 0.413. The smallest absolute Gasteiger partial charge is 0.243 e. The topological polar surface area (TPSA) is 102 Å². The molecule has 0 aromatic heterocycles. The number of carbonyl (C=O) groups is 1. The third-order valence-corrected chi connectivity index (χ3v) is 7.11. The summed E-state index contributed by atoms with van der Waals surface area (Å²) in [5.41, 5.74) is 5.91. The van der Waals surface area contributed by atoms with Crippen molar-refractivity contribution >= 4 is 28.3 Å². The van der Waals surface area contributed by atoms with Crippen LogP contribution in [0.2, 0.25) is 0 Å². The minimum absolute atomic E-state index is 0. The van der Waals surface area contributed by atoms with Crippen LogP contribution < -0.4 is 10.5 Å². The van der Waals surface area contributed by atoms with Crippen LogP contribution in [0.15, 0.2) is 29.2 Å². The number of benzene rings is 1. The van der Waals surface area contributed by atoms with E-state index in [1.807, 2.05) is 27.7 Å². The Kier molecular flexibility index (Phi) is 8.06. The highest BCUT2D eigenvalue weighted by atomic mass is 35.5. The number of amides is 1. The molecule has 0 saturated heterocycles. The number of carbonyl (C=O) groups excluding carboxylic acids is 1. The van der Waals surface area contributed by atoms with Crippen molar-refractivity contribution < 1.29 is 17.9 Å². The van der Waals surface area contributed by atoms with Gasteiger partial charge in [-0.25, -0.2) is 13.1 Å². The lowest BCUT2D eigenvalue weighted by Crippen LogP contribution is -2.75. The summed E-state index contributed by atoms with van der Waals surface area (Å²) in [6, 6.07) is 6.62. The van der Waals surface area contributed by atoms with Crippen LogP contribution in [0.3, 0.4) is 0 Å². The fourth-order valence-corrected chi connectivity index (χ4v) is 4.41. The molecule has 1 aliphatic carbocycles. The number of nitrogens with zero attached hydrogens (tertiary/aromatic N) is 1. The quantitative estimate of drug-likeness (QED) is 0.649. The molecule has 2 rings (SSSR count). The van der Waals surface area contributed by atoms with Crippen molar-refractivity contribution in [1.82, 2.24) is 9.62 Å².